The monoisotopic (exact) mass is 287 g/mol. The molecule has 0 bridgehead atoms. The van der Waals surface area contributed by atoms with Crippen LogP contribution in [0.2, 0.25) is 0 Å². The molecule has 0 aliphatic rings. The van der Waals surface area contributed by atoms with Crippen LogP contribution in [-0.4, -0.2) is 25.2 Å². The molecular weight excluding hydrogens is 270 g/mol. The number of para-hydroxylation sites is 1. The number of carbonyl (C=O) groups excluding carboxylic acids is 1. The number of carbonyl (C=O) groups is 1. The Morgan fingerprint density at radius 2 is 1.76 bits per heavy atom. The van der Waals surface area contributed by atoms with Crippen LogP contribution in [0, 0.1) is 6.92 Å². The normalized spacial score (nSPS) is 9.86. The number of methoxy groups -OCH3 is 2. The van der Waals surface area contributed by atoms with Crippen LogP contribution in [0.15, 0.2) is 36.5 Å². The van der Waals surface area contributed by atoms with Crippen molar-refractivity contribution in [2.75, 3.05) is 24.9 Å². The van der Waals surface area contributed by atoms with Gasteiger partial charge in [0.25, 0.3) is 0 Å². The Morgan fingerprint density at radius 3 is 2.33 bits per heavy atom. The molecule has 0 saturated carbocycles. The van der Waals surface area contributed by atoms with Crippen molar-refractivity contribution in [2.45, 2.75) is 6.92 Å². The number of urea groups is 1. The van der Waals surface area contributed by atoms with E-state index in [1.807, 2.05) is 13.0 Å². The number of hydrogen-bond donors (Lipinski definition) is 2. The maximum Gasteiger partial charge on any atom is 0.325 e. The molecule has 2 rings (SSSR count). The maximum absolute atomic E-state index is 12.1. The van der Waals surface area contributed by atoms with Crippen molar-refractivity contribution in [3.05, 3.63) is 42.1 Å². The first-order valence-corrected chi connectivity index (χ1v) is 6.35. The van der Waals surface area contributed by atoms with Crippen molar-refractivity contribution in [2.24, 2.45) is 0 Å². The van der Waals surface area contributed by atoms with Gasteiger partial charge in [0.2, 0.25) is 0 Å². The summed E-state index contributed by atoms with van der Waals surface area (Å²) in [5.41, 5.74) is 1.47. The second-order valence-electron chi connectivity index (χ2n) is 4.34. The van der Waals surface area contributed by atoms with Gasteiger partial charge < -0.3 is 14.8 Å². The van der Waals surface area contributed by atoms with E-state index < -0.39 is 6.03 Å². The molecule has 0 aliphatic heterocycles. The SMILES string of the molecule is COc1cccc(OC)c1NC(=O)Nc1cc(C)ccn1. The second-order valence-corrected chi connectivity index (χ2v) is 4.34. The first kappa shape index (κ1) is 14.6. The number of pyridine rings is 1. The fourth-order valence-corrected chi connectivity index (χ4v) is 1.84. The second kappa shape index (κ2) is 6.60. The highest BCUT2D eigenvalue weighted by Gasteiger charge is 2.13. The average Bonchev–Trinajstić information content (AvgIpc) is 2.47. The number of rotatable bonds is 4. The van der Waals surface area contributed by atoms with Crippen molar-refractivity contribution < 1.29 is 14.3 Å². The minimum atomic E-state index is -0.420. The number of aromatic nitrogens is 1. The van der Waals surface area contributed by atoms with E-state index in [0.717, 1.165) is 5.56 Å². The van der Waals surface area contributed by atoms with Crippen LogP contribution in [-0.2, 0) is 0 Å². The number of nitrogens with one attached hydrogen (secondary N) is 2. The third-order valence-corrected chi connectivity index (χ3v) is 2.82. The van der Waals surface area contributed by atoms with Gasteiger partial charge >= 0.3 is 6.03 Å². The molecule has 21 heavy (non-hydrogen) atoms. The quantitative estimate of drug-likeness (QED) is 0.906. The number of nitrogens with zero attached hydrogens (tertiary/aromatic N) is 1. The van der Waals surface area contributed by atoms with Crippen LogP contribution in [0.25, 0.3) is 0 Å². The predicted molar refractivity (Wildman–Crippen MR) is 81.2 cm³/mol. The summed E-state index contributed by atoms with van der Waals surface area (Å²) < 4.78 is 10.4. The van der Waals surface area contributed by atoms with Crippen LogP contribution in [0.3, 0.4) is 0 Å². The minimum absolute atomic E-state index is 0.420. The van der Waals surface area contributed by atoms with Gasteiger partial charge in [-0.2, -0.15) is 0 Å². The summed E-state index contributed by atoms with van der Waals surface area (Å²) >= 11 is 0. The lowest BCUT2D eigenvalue weighted by molar-refractivity contribution is 0.261. The van der Waals surface area contributed by atoms with E-state index in [1.165, 1.54) is 14.2 Å². The number of ether oxygens (including phenoxy) is 2. The molecule has 0 unspecified atom stereocenters. The summed E-state index contributed by atoms with van der Waals surface area (Å²) in [6.45, 7) is 1.92. The van der Waals surface area contributed by atoms with Crippen molar-refractivity contribution in [1.82, 2.24) is 4.98 Å². The number of aryl methyl sites for hydroxylation is 1. The molecule has 2 amide bonds. The summed E-state index contributed by atoms with van der Waals surface area (Å²) in [6, 6.07) is 8.47. The summed E-state index contributed by atoms with van der Waals surface area (Å²) in [7, 11) is 3.06. The Morgan fingerprint density at radius 1 is 1.10 bits per heavy atom. The molecule has 6 nitrogen and oxygen atoms in total. The molecule has 6 heteroatoms. The Balaban J connectivity index is 2.16. The smallest absolute Gasteiger partial charge is 0.325 e. The molecule has 0 fully saturated rings. The summed E-state index contributed by atoms with van der Waals surface area (Å²) in [6.07, 6.45) is 1.63. The Hall–Kier alpha value is -2.76. The number of amides is 2. The average molecular weight is 287 g/mol. The number of anilines is 2. The molecule has 1 aromatic heterocycles. The zero-order valence-corrected chi connectivity index (χ0v) is 12.1. The van der Waals surface area contributed by atoms with Gasteiger partial charge in [0.1, 0.15) is 23.0 Å². The summed E-state index contributed by atoms with van der Waals surface area (Å²) in [5, 5.41) is 5.37. The van der Waals surface area contributed by atoms with Gasteiger partial charge in [-0.05, 0) is 36.8 Å². The van der Waals surface area contributed by atoms with Crippen molar-refractivity contribution in [3.63, 3.8) is 0 Å². The van der Waals surface area contributed by atoms with Crippen LogP contribution in [0.1, 0.15) is 5.56 Å². The minimum Gasteiger partial charge on any atom is -0.494 e. The van der Waals surface area contributed by atoms with Gasteiger partial charge in [-0.25, -0.2) is 9.78 Å². The highest BCUT2D eigenvalue weighted by atomic mass is 16.5. The van der Waals surface area contributed by atoms with E-state index in [-0.39, 0.29) is 0 Å². The van der Waals surface area contributed by atoms with Gasteiger partial charge in [-0.3, -0.25) is 5.32 Å². The van der Waals surface area contributed by atoms with E-state index in [2.05, 4.69) is 15.6 Å². The molecule has 2 N–H and O–H groups in total. The molecular formula is C15H17N3O3. The fourth-order valence-electron chi connectivity index (χ4n) is 1.84. The Labute approximate surface area is 123 Å². The number of benzene rings is 1. The van der Waals surface area contributed by atoms with Crippen molar-refractivity contribution in [3.8, 4) is 11.5 Å². The van der Waals surface area contributed by atoms with Crippen LogP contribution < -0.4 is 20.1 Å². The Bertz CT molecular complexity index is 622. The van der Waals surface area contributed by atoms with Gasteiger partial charge in [0.05, 0.1) is 14.2 Å². The molecule has 110 valence electrons. The molecule has 0 saturated heterocycles. The van der Waals surface area contributed by atoms with E-state index in [0.29, 0.717) is 23.0 Å². The molecule has 1 aromatic carbocycles. The molecule has 0 aliphatic carbocycles. The van der Waals surface area contributed by atoms with E-state index >= 15 is 0 Å². The lowest BCUT2D eigenvalue weighted by Gasteiger charge is -2.14. The molecule has 0 atom stereocenters. The van der Waals surface area contributed by atoms with Gasteiger partial charge in [-0.15, -0.1) is 0 Å². The maximum atomic E-state index is 12.1. The van der Waals surface area contributed by atoms with Crippen LogP contribution >= 0.6 is 0 Å². The zero-order valence-electron chi connectivity index (χ0n) is 12.1. The third kappa shape index (κ3) is 3.62. The topological polar surface area (TPSA) is 72.5 Å². The van der Waals surface area contributed by atoms with Gasteiger partial charge in [0, 0.05) is 6.20 Å². The Kier molecular flexibility index (Phi) is 4.61. The number of hydrogen-bond acceptors (Lipinski definition) is 4. The molecule has 1 heterocycles. The highest BCUT2D eigenvalue weighted by molar-refractivity contribution is 6.01. The third-order valence-electron chi connectivity index (χ3n) is 2.82. The van der Waals surface area contributed by atoms with E-state index in [1.54, 1.807) is 30.5 Å². The lowest BCUT2D eigenvalue weighted by Crippen LogP contribution is -2.21. The summed E-state index contributed by atoms with van der Waals surface area (Å²) in [4.78, 5) is 16.1. The first-order chi connectivity index (χ1) is 10.1. The highest BCUT2D eigenvalue weighted by Crippen LogP contribution is 2.34. The van der Waals surface area contributed by atoms with Crippen molar-refractivity contribution >= 4 is 17.5 Å². The molecule has 0 spiro atoms. The standard InChI is InChI=1S/C15H17N3O3/c1-10-7-8-16-13(9-10)17-15(19)18-14-11(20-2)5-4-6-12(14)21-3/h4-9H,1-3H3,(H2,16,17,18,19). The summed E-state index contributed by atoms with van der Waals surface area (Å²) in [5.74, 6) is 1.50. The largest absolute Gasteiger partial charge is 0.494 e. The molecule has 0 radical (unpaired) electrons. The first-order valence-electron chi connectivity index (χ1n) is 6.35. The van der Waals surface area contributed by atoms with Gasteiger partial charge in [-0.1, -0.05) is 6.07 Å². The van der Waals surface area contributed by atoms with E-state index in [9.17, 15) is 4.79 Å². The van der Waals surface area contributed by atoms with Crippen LogP contribution in [0.4, 0.5) is 16.3 Å². The van der Waals surface area contributed by atoms with E-state index in [4.69, 9.17) is 9.47 Å². The van der Waals surface area contributed by atoms with Crippen LogP contribution in [0.5, 0.6) is 11.5 Å². The molecule has 2 aromatic rings. The lowest BCUT2D eigenvalue weighted by atomic mass is 10.2. The zero-order chi connectivity index (χ0) is 15.2. The fraction of sp³-hybridized carbons (Fsp3) is 0.200. The van der Waals surface area contributed by atoms with Gasteiger partial charge in [0.15, 0.2) is 0 Å². The predicted octanol–water partition coefficient (Wildman–Crippen LogP) is 3.05. The van der Waals surface area contributed by atoms with Crippen molar-refractivity contribution in [1.29, 1.82) is 0 Å².